The van der Waals surface area contributed by atoms with E-state index in [9.17, 15) is 4.79 Å². The summed E-state index contributed by atoms with van der Waals surface area (Å²) in [7, 11) is 0. The fourth-order valence-electron chi connectivity index (χ4n) is 3.91. The summed E-state index contributed by atoms with van der Waals surface area (Å²) in [5.74, 6) is 1.72. The highest BCUT2D eigenvalue weighted by Gasteiger charge is 2.26. The number of nitrogens with one attached hydrogen (secondary N) is 4. The first-order valence-electron chi connectivity index (χ1n) is 11.9. The Morgan fingerprint density at radius 1 is 1.03 bits per heavy atom. The lowest BCUT2D eigenvalue weighted by atomic mass is 10.0. The summed E-state index contributed by atoms with van der Waals surface area (Å²) < 4.78 is 5.81. The van der Waals surface area contributed by atoms with Gasteiger partial charge in [0.25, 0.3) is 5.91 Å². The molecule has 9 heteroatoms. The topological polar surface area (TPSA) is 113 Å². The summed E-state index contributed by atoms with van der Waals surface area (Å²) in [5.41, 5.74) is 3.91. The monoisotopic (exact) mass is 457 g/mol. The molecular weight excluding hydrogens is 430 g/mol. The van der Waals surface area contributed by atoms with Crippen LogP contribution in [0.2, 0.25) is 0 Å². The normalized spacial score (nSPS) is 16.9. The van der Waals surface area contributed by atoms with Crippen LogP contribution < -0.4 is 26.0 Å². The van der Waals surface area contributed by atoms with Crippen LogP contribution in [0.15, 0.2) is 42.6 Å². The first-order valence-corrected chi connectivity index (χ1v) is 11.9. The molecule has 0 unspecified atom stereocenters. The number of carbonyl (C=O) groups excluding carboxylic acids is 1. The minimum absolute atomic E-state index is 0.193. The summed E-state index contributed by atoms with van der Waals surface area (Å²) in [6.07, 6.45) is 6.97. The van der Waals surface area contributed by atoms with Gasteiger partial charge < -0.3 is 26.0 Å². The zero-order valence-electron chi connectivity index (χ0n) is 18.8. The van der Waals surface area contributed by atoms with Gasteiger partial charge in [-0.1, -0.05) is 12.1 Å². The SMILES string of the molecule is O=C(NC1CC1)c1cnc(Nc2ccc3c(c2)CNCC3)nc1Nc1cccc(OC2CC2)n1. The highest BCUT2D eigenvalue weighted by molar-refractivity contribution is 5.99. The number of ether oxygens (including phenoxy) is 1. The molecule has 6 rings (SSSR count). The number of rotatable bonds is 8. The smallest absolute Gasteiger partial charge is 0.256 e. The van der Waals surface area contributed by atoms with Crippen LogP contribution in [-0.2, 0) is 13.0 Å². The lowest BCUT2D eigenvalue weighted by molar-refractivity contribution is 0.0951. The van der Waals surface area contributed by atoms with Crippen LogP contribution in [0.1, 0.15) is 47.2 Å². The highest BCUT2D eigenvalue weighted by Crippen LogP contribution is 2.28. The van der Waals surface area contributed by atoms with Gasteiger partial charge in [-0.05, 0) is 68.0 Å². The van der Waals surface area contributed by atoms with E-state index in [0.717, 1.165) is 50.9 Å². The van der Waals surface area contributed by atoms with Crippen LogP contribution in [0.5, 0.6) is 5.88 Å². The van der Waals surface area contributed by atoms with E-state index < -0.39 is 0 Å². The molecule has 3 aliphatic rings. The van der Waals surface area contributed by atoms with E-state index in [1.807, 2.05) is 24.3 Å². The number of nitrogens with zero attached hydrogens (tertiary/aromatic N) is 3. The lowest BCUT2D eigenvalue weighted by Gasteiger charge is -2.18. The van der Waals surface area contributed by atoms with Gasteiger partial charge in [0, 0.05) is 30.5 Å². The molecule has 2 aromatic heterocycles. The minimum Gasteiger partial charge on any atom is -0.474 e. The number of anilines is 4. The average molecular weight is 458 g/mol. The van der Waals surface area contributed by atoms with Crippen molar-refractivity contribution < 1.29 is 9.53 Å². The van der Waals surface area contributed by atoms with Gasteiger partial charge in [0.1, 0.15) is 23.3 Å². The second-order valence-electron chi connectivity index (χ2n) is 9.04. The maximum atomic E-state index is 12.9. The van der Waals surface area contributed by atoms with E-state index in [4.69, 9.17) is 4.74 Å². The summed E-state index contributed by atoms with van der Waals surface area (Å²) in [6.45, 7) is 1.85. The van der Waals surface area contributed by atoms with Crippen LogP contribution in [0.3, 0.4) is 0 Å². The molecule has 0 spiro atoms. The maximum absolute atomic E-state index is 12.9. The third kappa shape index (κ3) is 4.94. The number of amides is 1. The van der Waals surface area contributed by atoms with Gasteiger partial charge >= 0.3 is 0 Å². The summed E-state index contributed by atoms with van der Waals surface area (Å²) in [5, 5.41) is 12.9. The van der Waals surface area contributed by atoms with E-state index >= 15 is 0 Å². The molecule has 1 aromatic carbocycles. The van der Waals surface area contributed by atoms with Crippen LogP contribution >= 0.6 is 0 Å². The largest absolute Gasteiger partial charge is 0.474 e. The van der Waals surface area contributed by atoms with Crippen LogP contribution in [0, 0.1) is 0 Å². The first-order chi connectivity index (χ1) is 16.7. The van der Waals surface area contributed by atoms with E-state index in [1.54, 1.807) is 6.20 Å². The quantitative estimate of drug-likeness (QED) is 0.407. The third-order valence-corrected chi connectivity index (χ3v) is 6.08. The highest BCUT2D eigenvalue weighted by atomic mass is 16.5. The Hall–Kier alpha value is -3.72. The van der Waals surface area contributed by atoms with Crippen molar-refractivity contribution in [1.29, 1.82) is 0 Å². The molecule has 1 amide bonds. The van der Waals surface area contributed by atoms with Crippen molar-refractivity contribution >= 4 is 29.2 Å². The van der Waals surface area contributed by atoms with Gasteiger partial charge in [0.05, 0.1) is 0 Å². The predicted molar refractivity (Wildman–Crippen MR) is 129 cm³/mol. The Bertz CT molecular complexity index is 1220. The van der Waals surface area contributed by atoms with Gasteiger partial charge in [0.2, 0.25) is 11.8 Å². The molecule has 3 heterocycles. The van der Waals surface area contributed by atoms with Gasteiger partial charge in [0.15, 0.2) is 0 Å². The zero-order valence-corrected chi connectivity index (χ0v) is 18.8. The van der Waals surface area contributed by atoms with Gasteiger partial charge in [-0.2, -0.15) is 9.97 Å². The van der Waals surface area contributed by atoms with Crippen molar-refractivity contribution in [2.75, 3.05) is 17.2 Å². The van der Waals surface area contributed by atoms with Crippen LogP contribution in [0.4, 0.5) is 23.3 Å². The van der Waals surface area contributed by atoms with Crippen molar-refractivity contribution in [1.82, 2.24) is 25.6 Å². The number of carbonyl (C=O) groups is 1. The molecule has 0 atom stereocenters. The molecule has 2 saturated carbocycles. The van der Waals surface area contributed by atoms with Crippen molar-refractivity contribution in [3.8, 4) is 5.88 Å². The standard InChI is InChI=1S/C25H27N7O2/c33-24(28-17-6-7-17)20-14-27-25(29-18-5-4-15-10-11-26-13-16(15)12-18)32-23(20)31-21-2-1-3-22(30-21)34-19-8-9-19/h1-5,12,14,17,19,26H,6-11,13H2,(H,28,33)(H2,27,29,30,31,32). The number of aromatic nitrogens is 3. The third-order valence-electron chi connectivity index (χ3n) is 6.08. The van der Waals surface area contributed by atoms with Crippen molar-refractivity contribution in [3.05, 3.63) is 59.3 Å². The number of pyridine rings is 1. The molecule has 3 aromatic rings. The Labute approximate surface area is 197 Å². The number of hydrogen-bond donors (Lipinski definition) is 4. The molecule has 0 radical (unpaired) electrons. The molecule has 4 N–H and O–H groups in total. The Balaban J connectivity index is 1.27. The average Bonchev–Trinajstić information content (AvgIpc) is 3.77. The summed E-state index contributed by atoms with van der Waals surface area (Å²) >= 11 is 0. The van der Waals surface area contributed by atoms with Crippen molar-refractivity contribution in [3.63, 3.8) is 0 Å². The Morgan fingerprint density at radius 3 is 2.79 bits per heavy atom. The predicted octanol–water partition coefficient (Wildman–Crippen LogP) is 3.44. The Morgan fingerprint density at radius 2 is 1.94 bits per heavy atom. The molecule has 1 aliphatic heterocycles. The molecule has 174 valence electrons. The Kier molecular flexibility index (Phi) is 5.46. The molecule has 0 saturated heterocycles. The molecule has 2 aliphatic carbocycles. The zero-order chi connectivity index (χ0) is 22.9. The number of hydrogen-bond acceptors (Lipinski definition) is 8. The maximum Gasteiger partial charge on any atom is 0.256 e. The molecule has 0 bridgehead atoms. The van der Waals surface area contributed by atoms with E-state index in [-0.39, 0.29) is 18.1 Å². The second kappa shape index (κ2) is 8.90. The van der Waals surface area contributed by atoms with Gasteiger partial charge in [-0.25, -0.2) is 4.98 Å². The van der Waals surface area contributed by atoms with Crippen LogP contribution in [0.25, 0.3) is 0 Å². The van der Waals surface area contributed by atoms with E-state index in [2.05, 4.69) is 48.4 Å². The fourth-order valence-corrected chi connectivity index (χ4v) is 3.91. The molecular formula is C25H27N7O2. The molecule has 34 heavy (non-hydrogen) atoms. The minimum atomic E-state index is -0.193. The number of fused-ring (bicyclic) bond motifs is 1. The van der Waals surface area contributed by atoms with E-state index in [1.165, 1.54) is 11.1 Å². The van der Waals surface area contributed by atoms with Gasteiger partial charge in [-0.15, -0.1) is 0 Å². The van der Waals surface area contributed by atoms with Crippen LogP contribution in [-0.4, -0.2) is 39.5 Å². The summed E-state index contributed by atoms with van der Waals surface area (Å²) in [6, 6.07) is 12.1. The van der Waals surface area contributed by atoms with E-state index in [0.29, 0.717) is 29.0 Å². The first kappa shape index (κ1) is 20.9. The van der Waals surface area contributed by atoms with Gasteiger partial charge in [-0.3, -0.25) is 4.79 Å². The second-order valence-corrected chi connectivity index (χ2v) is 9.04. The lowest BCUT2D eigenvalue weighted by Crippen LogP contribution is -2.26. The fraction of sp³-hybridized carbons (Fsp3) is 0.360. The van der Waals surface area contributed by atoms with Crippen molar-refractivity contribution in [2.45, 2.75) is 50.8 Å². The summed E-state index contributed by atoms with van der Waals surface area (Å²) in [4.78, 5) is 26.4. The molecule has 2 fully saturated rings. The molecule has 9 nitrogen and oxygen atoms in total. The van der Waals surface area contributed by atoms with Crippen molar-refractivity contribution in [2.24, 2.45) is 0 Å². The number of benzene rings is 1.